The first kappa shape index (κ1) is 12.4. The van der Waals surface area contributed by atoms with Gasteiger partial charge in [-0.15, -0.1) is 0 Å². The topological polar surface area (TPSA) is 46.5 Å². The zero-order chi connectivity index (χ0) is 10.5. The summed E-state index contributed by atoms with van der Waals surface area (Å²) in [4.78, 5) is 11.4. The minimum Gasteiger partial charge on any atom is -0.466 e. The van der Waals surface area contributed by atoms with Crippen molar-refractivity contribution < 1.29 is 14.6 Å². The van der Waals surface area contributed by atoms with E-state index in [0.29, 0.717) is 13.0 Å². The molecule has 0 radical (unpaired) electrons. The third-order valence-electron chi connectivity index (χ3n) is 2.20. The van der Waals surface area contributed by atoms with Gasteiger partial charge in [0.25, 0.3) is 0 Å². The van der Waals surface area contributed by atoms with Gasteiger partial charge >= 0.3 is 5.97 Å². The van der Waals surface area contributed by atoms with Gasteiger partial charge in [-0.3, -0.25) is 4.79 Å². The van der Waals surface area contributed by atoms with Gasteiger partial charge in [-0.2, -0.15) is 0 Å². The molecule has 13 heavy (non-hydrogen) atoms. The van der Waals surface area contributed by atoms with E-state index >= 15 is 0 Å². The zero-order valence-electron chi connectivity index (χ0n) is 8.96. The zero-order valence-corrected chi connectivity index (χ0v) is 8.96. The van der Waals surface area contributed by atoms with E-state index in [2.05, 4.69) is 0 Å². The predicted molar refractivity (Wildman–Crippen MR) is 51.3 cm³/mol. The van der Waals surface area contributed by atoms with E-state index in [0.717, 1.165) is 6.42 Å². The summed E-state index contributed by atoms with van der Waals surface area (Å²) in [7, 11) is 0. The molecule has 78 valence electrons. The fraction of sp³-hybridized carbons (Fsp3) is 0.900. The maximum atomic E-state index is 11.4. The minimum absolute atomic E-state index is 0.323. The molecular weight excluding hydrogens is 168 g/mol. The summed E-state index contributed by atoms with van der Waals surface area (Å²) in [5.74, 6) is -0.323. The molecule has 3 nitrogen and oxygen atoms in total. The van der Waals surface area contributed by atoms with Crippen LogP contribution in [0.25, 0.3) is 0 Å². The predicted octanol–water partition coefficient (Wildman–Crippen LogP) is 1.74. The Hall–Kier alpha value is -0.570. The van der Waals surface area contributed by atoms with Gasteiger partial charge in [0.1, 0.15) is 0 Å². The van der Waals surface area contributed by atoms with Gasteiger partial charge in [0.15, 0.2) is 0 Å². The minimum atomic E-state index is -0.786. The van der Waals surface area contributed by atoms with Gasteiger partial charge in [0.05, 0.1) is 18.1 Å². The van der Waals surface area contributed by atoms with Crippen molar-refractivity contribution in [1.82, 2.24) is 0 Å². The number of aliphatic hydroxyl groups excluding tert-OH is 1. The summed E-state index contributed by atoms with van der Waals surface area (Å²) >= 11 is 0. The Kier molecular flexibility index (Phi) is 4.99. The number of esters is 1. The highest BCUT2D eigenvalue weighted by Gasteiger charge is 2.36. The Balaban J connectivity index is 4.26. The van der Waals surface area contributed by atoms with Crippen molar-refractivity contribution in [2.45, 2.75) is 46.6 Å². The number of hydrogen-bond donors (Lipinski definition) is 1. The smallest absolute Gasteiger partial charge is 0.314 e. The summed E-state index contributed by atoms with van der Waals surface area (Å²) in [5.41, 5.74) is -0.786. The third-order valence-corrected chi connectivity index (χ3v) is 2.20. The Labute approximate surface area is 80.1 Å². The van der Waals surface area contributed by atoms with Crippen molar-refractivity contribution in [3.05, 3.63) is 0 Å². The molecule has 0 heterocycles. The summed E-state index contributed by atoms with van der Waals surface area (Å²) in [6.07, 6.45) is 0.882. The van der Waals surface area contributed by atoms with Crippen molar-refractivity contribution in [3.63, 3.8) is 0 Å². The molecule has 0 aromatic carbocycles. The molecule has 0 aromatic heterocycles. The lowest BCUT2D eigenvalue weighted by Gasteiger charge is -2.27. The molecule has 0 amide bonds. The molecule has 1 atom stereocenters. The molecule has 1 unspecified atom stereocenters. The van der Waals surface area contributed by atoms with E-state index in [4.69, 9.17) is 4.74 Å². The van der Waals surface area contributed by atoms with Crippen LogP contribution in [0.1, 0.15) is 40.5 Å². The van der Waals surface area contributed by atoms with Crippen LogP contribution in [-0.4, -0.2) is 23.8 Å². The van der Waals surface area contributed by atoms with Gasteiger partial charge in [-0.05, 0) is 27.2 Å². The maximum absolute atomic E-state index is 11.4. The van der Waals surface area contributed by atoms with Crippen LogP contribution in [0.15, 0.2) is 0 Å². The van der Waals surface area contributed by atoms with Gasteiger partial charge in [-0.25, -0.2) is 0 Å². The highest BCUT2D eigenvalue weighted by Crippen LogP contribution is 2.25. The average molecular weight is 188 g/mol. The van der Waals surface area contributed by atoms with Crippen molar-refractivity contribution in [1.29, 1.82) is 0 Å². The highest BCUT2D eigenvalue weighted by molar-refractivity contribution is 5.76. The van der Waals surface area contributed by atoms with Gasteiger partial charge in [-0.1, -0.05) is 13.3 Å². The van der Waals surface area contributed by atoms with Crippen molar-refractivity contribution in [3.8, 4) is 0 Å². The molecule has 0 saturated carbocycles. The van der Waals surface area contributed by atoms with E-state index in [1.54, 1.807) is 20.8 Å². The first-order valence-electron chi connectivity index (χ1n) is 4.82. The molecule has 1 N–H and O–H groups in total. The van der Waals surface area contributed by atoms with Crippen LogP contribution in [0.4, 0.5) is 0 Å². The second-order valence-corrected chi connectivity index (χ2v) is 3.75. The van der Waals surface area contributed by atoms with E-state index in [9.17, 15) is 9.90 Å². The van der Waals surface area contributed by atoms with Gasteiger partial charge in [0, 0.05) is 0 Å². The summed E-state index contributed by atoms with van der Waals surface area (Å²) in [6, 6.07) is 0. The second-order valence-electron chi connectivity index (χ2n) is 3.75. The van der Waals surface area contributed by atoms with Crippen molar-refractivity contribution in [2.75, 3.05) is 6.61 Å². The Morgan fingerprint density at radius 3 is 2.38 bits per heavy atom. The number of hydrogen-bond acceptors (Lipinski definition) is 3. The van der Waals surface area contributed by atoms with E-state index in [1.165, 1.54) is 0 Å². The standard InChI is InChI=1S/C10H20O3/c1-5-7-8(11)10(3,4)9(12)13-6-2/h8,11H,5-7H2,1-4H3. The van der Waals surface area contributed by atoms with Crippen LogP contribution in [0.3, 0.4) is 0 Å². The molecule has 0 aliphatic heterocycles. The molecule has 0 saturated heterocycles. The molecule has 0 rings (SSSR count). The molecular formula is C10H20O3. The largest absolute Gasteiger partial charge is 0.466 e. The summed E-state index contributed by atoms with van der Waals surface area (Å²) in [5, 5.41) is 9.67. The van der Waals surface area contributed by atoms with Crippen LogP contribution in [0.5, 0.6) is 0 Å². The van der Waals surface area contributed by atoms with Crippen molar-refractivity contribution >= 4 is 5.97 Å². The van der Waals surface area contributed by atoms with E-state index < -0.39 is 11.5 Å². The lowest BCUT2D eigenvalue weighted by molar-refractivity contribution is -0.160. The molecule has 0 spiro atoms. The Bertz CT molecular complexity index is 164. The van der Waals surface area contributed by atoms with Crippen LogP contribution in [-0.2, 0) is 9.53 Å². The number of aliphatic hydroxyl groups is 1. The van der Waals surface area contributed by atoms with Gasteiger partial charge in [0.2, 0.25) is 0 Å². The quantitative estimate of drug-likeness (QED) is 0.668. The van der Waals surface area contributed by atoms with Gasteiger partial charge < -0.3 is 9.84 Å². The molecule has 0 fully saturated rings. The first-order valence-corrected chi connectivity index (χ1v) is 4.82. The fourth-order valence-electron chi connectivity index (χ4n) is 1.09. The van der Waals surface area contributed by atoms with Crippen LogP contribution < -0.4 is 0 Å². The third kappa shape index (κ3) is 3.35. The molecule has 0 bridgehead atoms. The lowest BCUT2D eigenvalue weighted by atomic mass is 9.84. The summed E-state index contributed by atoms with van der Waals surface area (Å²) in [6.45, 7) is 7.53. The average Bonchev–Trinajstić information content (AvgIpc) is 2.05. The number of carbonyl (C=O) groups excluding carboxylic acids is 1. The van der Waals surface area contributed by atoms with Crippen LogP contribution >= 0.6 is 0 Å². The van der Waals surface area contributed by atoms with Crippen LogP contribution in [0, 0.1) is 5.41 Å². The fourth-order valence-corrected chi connectivity index (χ4v) is 1.09. The number of ether oxygens (including phenoxy) is 1. The molecule has 0 aromatic rings. The molecule has 3 heteroatoms. The number of carbonyl (C=O) groups is 1. The first-order chi connectivity index (χ1) is 5.96. The van der Waals surface area contributed by atoms with Crippen molar-refractivity contribution in [2.24, 2.45) is 5.41 Å². The monoisotopic (exact) mass is 188 g/mol. The maximum Gasteiger partial charge on any atom is 0.314 e. The lowest BCUT2D eigenvalue weighted by Crippen LogP contribution is -2.38. The van der Waals surface area contributed by atoms with E-state index in [-0.39, 0.29) is 5.97 Å². The van der Waals surface area contributed by atoms with Crippen LogP contribution in [0.2, 0.25) is 0 Å². The Morgan fingerprint density at radius 2 is 2.00 bits per heavy atom. The summed E-state index contributed by atoms with van der Waals surface area (Å²) < 4.78 is 4.88. The Morgan fingerprint density at radius 1 is 1.46 bits per heavy atom. The normalized spacial score (nSPS) is 13.9. The SMILES string of the molecule is CCCC(O)C(C)(C)C(=O)OCC. The molecule has 0 aliphatic rings. The second kappa shape index (κ2) is 5.22. The molecule has 0 aliphatic carbocycles. The van der Waals surface area contributed by atoms with E-state index in [1.807, 2.05) is 6.92 Å². The number of rotatable bonds is 5. The highest BCUT2D eigenvalue weighted by atomic mass is 16.5.